The molecule has 6 heteroatoms. The van der Waals surface area contributed by atoms with Gasteiger partial charge in [0.2, 0.25) is 0 Å². The molecule has 0 radical (unpaired) electrons. The molecule has 0 N–H and O–H groups in total. The quantitative estimate of drug-likeness (QED) is 0.851. The normalized spacial score (nSPS) is 24.0. The molecule has 3 rings (SSSR count). The summed E-state index contributed by atoms with van der Waals surface area (Å²) < 4.78 is 10.9. The van der Waals surface area contributed by atoms with E-state index in [2.05, 4.69) is 24.0 Å². The molecule has 3 heterocycles. The van der Waals surface area contributed by atoms with Crippen LogP contribution in [0.4, 0.5) is 0 Å². The molecule has 1 unspecified atom stereocenters. The van der Waals surface area contributed by atoms with Gasteiger partial charge in [0.15, 0.2) is 11.6 Å². The zero-order valence-corrected chi connectivity index (χ0v) is 13.5. The third kappa shape index (κ3) is 3.33. The summed E-state index contributed by atoms with van der Waals surface area (Å²) in [6.07, 6.45) is 5.54. The van der Waals surface area contributed by atoms with E-state index in [0.29, 0.717) is 17.6 Å². The molecule has 0 aliphatic carbocycles. The SMILES string of the molecule is CN(C)C1CCCN(C(=O)c2coc(C3CCOCC3)n2)C1. The number of hydrogen-bond acceptors (Lipinski definition) is 5. The highest BCUT2D eigenvalue weighted by molar-refractivity contribution is 5.92. The van der Waals surface area contributed by atoms with Crippen LogP contribution >= 0.6 is 0 Å². The van der Waals surface area contributed by atoms with E-state index in [0.717, 1.165) is 52.0 Å². The number of rotatable bonds is 3. The van der Waals surface area contributed by atoms with Crippen molar-refractivity contribution in [2.75, 3.05) is 40.4 Å². The van der Waals surface area contributed by atoms with Crippen molar-refractivity contribution in [2.24, 2.45) is 0 Å². The van der Waals surface area contributed by atoms with Crippen LogP contribution in [0.2, 0.25) is 0 Å². The number of carbonyl (C=O) groups excluding carboxylic acids is 1. The summed E-state index contributed by atoms with van der Waals surface area (Å²) in [7, 11) is 4.13. The molecule has 0 saturated carbocycles. The first-order valence-corrected chi connectivity index (χ1v) is 8.14. The molecule has 0 aromatic carbocycles. The minimum atomic E-state index is -0.00592. The molecule has 2 saturated heterocycles. The fourth-order valence-electron chi connectivity index (χ4n) is 3.24. The van der Waals surface area contributed by atoms with Crippen molar-refractivity contribution in [1.82, 2.24) is 14.8 Å². The predicted molar refractivity (Wildman–Crippen MR) is 81.9 cm³/mol. The van der Waals surface area contributed by atoms with Crippen LogP contribution in [0.25, 0.3) is 0 Å². The highest BCUT2D eigenvalue weighted by Crippen LogP contribution is 2.26. The van der Waals surface area contributed by atoms with Gasteiger partial charge in [0.1, 0.15) is 6.26 Å². The van der Waals surface area contributed by atoms with Crippen molar-refractivity contribution in [3.05, 3.63) is 17.8 Å². The number of hydrogen-bond donors (Lipinski definition) is 0. The topological polar surface area (TPSA) is 58.8 Å². The van der Waals surface area contributed by atoms with Gasteiger partial charge in [-0.15, -0.1) is 0 Å². The highest BCUT2D eigenvalue weighted by atomic mass is 16.5. The summed E-state index contributed by atoms with van der Waals surface area (Å²) in [4.78, 5) is 21.2. The lowest BCUT2D eigenvalue weighted by atomic mass is 10.0. The Kier molecular flexibility index (Phi) is 4.78. The molecule has 1 aromatic rings. The Labute approximate surface area is 131 Å². The minimum absolute atomic E-state index is 0.00592. The Balaban J connectivity index is 1.66. The van der Waals surface area contributed by atoms with E-state index in [-0.39, 0.29) is 11.8 Å². The maximum atomic E-state index is 12.6. The predicted octanol–water partition coefficient (Wildman–Crippen LogP) is 1.73. The molecule has 122 valence electrons. The first-order valence-electron chi connectivity index (χ1n) is 8.14. The van der Waals surface area contributed by atoms with Gasteiger partial charge in [-0.3, -0.25) is 4.79 Å². The maximum Gasteiger partial charge on any atom is 0.275 e. The van der Waals surface area contributed by atoms with Crippen LogP contribution in [-0.2, 0) is 4.74 Å². The zero-order valence-electron chi connectivity index (χ0n) is 13.5. The number of amides is 1. The van der Waals surface area contributed by atoms with Crippen molar-refractivity contribution >= 4 is 5.91 Å². The molecular formula is C16H25N3O3. The van der Waals surface area contributed by atoms with E-state index < -0.39 is 0 Å². The fourth-order valence-corrected chi connectivity index (χ4v) is 3.24. The summed E-state index contributed by atoms with van der Waals surface area (Å²) in [6.45, 7) is 3.06. The molecule has 2 aliphatic rings. The van der Waals surface area contributed by atoms with E-state index in [1.54, 1.807) is 0 Å². The number of nitrogens with zero attached hydrogens (tertiary/aromatic N) is 3. The van der Waals surface area contributed by atoms with Crippen molar-refractivity contribution in [2.45, 2.75) is 37.6 Å². The van der Waals surface area contributed by atoms with Gasteiger partial charge in [-0.25, -0.2) is 4.98 Å². The maximum absolute atomic E-state index is 12.6. The summed E-state index contributed by atoms with van der Waals surface area (Å²) in [5, 5.41) is 0. The third-order valence-electron chi connectivity index (χ3n) is 4.73. The lowest BCUT2D eigenvalue weighted by Gasteiger charge is -2.35. The Morgan fingerprint density at radius 3 is 2.82 bits per heavy atom. The Bertz CT molecular complexity index is 508. The number of ether oxygens (including phenoxy) is 1. The minimum Gasteiger partial charge on any atom is -0.448 e. The van der Waals surface area contributed by atoms with E-state index in [4.69, 9.17) is 9.15 Å². The molecule has 2 fully saturated rings. The average molecular weight is 307 g/mol. The molecular weight excluding hydrogens is 282 g/mol. The van der Waals surface area contributed by atoms with Crippen LogP contribution in [0.5, 0.6) is 0 Å². The van der Waals surface area contributed by atoms with Gasteiger partial charge in [-0.05, 0) is 39.8 Å². The van der Waals surface area contributed by atoms with E-state index >= 15 is 0 Å². The highest BCUT2D eigenvalue weighted by Gasteiger charge is 2.28. The number of piperidine rings is 1. The van der Waals surface area contributed by atoms with E-state index in [9.17, 15) is 4.79 Å². The van der Waals surface area contributed by atoms with Crippen molar-refractivity contribution < 1.29 is 13.9 Å². The van der Waals surface area contributed by atoms with Crippen LogP contribution in [0.1, 0.15) is 48.0 Å². The second-order valence-corrected chi connectivity index (χ2v) is 6.47. The van der Waals surface area contributed by atoms with Crippen LogP contribution < -0.4 is 0 Å². The summed E-state index contributed by atoms with van der Waals surface area (Å²) in [6, 6.07) is 0.430. The summed E-state index contributed by atoms with van der Waals surface area (Å²) in [5.41, 5.74) is 0.445. The van der Waals surface area contributed by atoms with Crippen LogP contribution in [0.3, 0.4) is 0 Å². The van der Waals surface area contributed by atoms with Crippen molar-refractivity contribution in [1.29, 1.82) is 0 Å². The van der Waals surface area contributed by atoms with Gasteiger partial charge in [0, 0.05) is 38.3 Å². The van der Waals surface area contributed by atoms with Gasteiger partial charge in [0.05, 0.1) is 0 Å². The lowest BCUT2D eigenvalue weighted by molar-refractivity contribution is 0.0629. The first kappa shape index (κ1) is 15.5. The van der Waals surface area contributed by atoms with Crippen LogP contribution in [-0.4, -0.2) is 67.1 Å². The van der Waals surface area contributed by atoms with Gasteiger partial charge < -0.3 is 19.0 Å². The monoisotopic (exact) mass is 307 g/mol. The van der Waals surface area contributed by atoms with Crippen LogP contribution in [0.15, 0.2) is 10.7 Å². The van der Waals surface area contributed by atoms with Gasteiger partial charge >= 0.3 is 0 Å². The molecule has 1 amide bonds. The molecule has 0 bridgehead atoms. The number of carbonyl (C=O) groups is 1. The largest absolute Gasteiger partial charge is 0.448 e. The van der Waals surface area contributed by atoms with Crippen LogP contribution in [0, 0.1) is 0 Å². The Morgan fingerprint density at radius 1 is 1.32 bits per heavy atom. The van der Waals surface area contributed by atoms with E-state index in [1.165, 1.54) is 6.26 Å². The average Bonchev–Trinajstić information content (AvgIpc) is 3.05. The second-order valence-electron chi connectivity index (χ2n) is 6.47. The van der Waals surface area contributed by atoms with Crippen molar-refractivity contribution in [3.8, 4) is 0 Å². The first-order chi connectivity index (χ1) is 10.6. The Morgan fingerprint density at radius 2 is 2.09 bits per heavy atom. The molecule has 1 aromatic heterocycles. The summed E-state index contributed by atoms with van der Waals surface area (Å²) in [5.74, 6) is 0.965. The molecule has 0 spiro atoms. The van der Waals surface area contributed by atoms with Crippen molar-refractivity contribution in [3.63, 3.8) is 0 Å². The fraction of sp³-hybridized carbons (Fsp3) is 0.750. The van der Waals surface area contributed by atoms with Gasteiger partial charge in [0.25, 0.3) is 5.91 Å². The zero-order chi connectivity index (χ0) is 15.5. The number of likely N-dealkylation sites (N-methyl/N-ethyl adjacent to an activating group) is 1. The number of aromatic nitrogens is 1. The molecule has 1 atom stereocenters. The van der Waals surface area contributed by atoms with E-state index in [1.807, 2.05) is 4.90 Å². The van der Waals surface area contributed by atoms with Gasteiger partial charge in [-0.1, -0.05) is 0 Å². The molecule has 6 nitrogen and oxygen atoms in total. The smallest absolute Gasteiger partial charge is 0.275 e. The number of likely N-dealkylation sites (tertiary alicyclic amines) is 1. The Hall–Kier alpha value is -1.40. The van der Waals surface area contributed by atoms with Gasteiger partial charge in [-0.2, -0.15) is 0 Å². The molecule has 2 aliphatic heterocycles. The third-order valence-corrected chi connectivity index (χ3v) is 4.73. The number of oxazole rings is 1. The standard InChI is InChI=1S/C16H25N3O3/c1-18(2)13-4-3-7-19(10-13)16(20)14-11-22-15(17-14)12-5-8-21-9-6-12/h11-13H,3-10H2,1-2H3. The lowest BCUT2D eigenvalue weighted by Crippen LogP contribution is -2.47. The summed E-state index contributed by atoms with van der Waals surface area (Å²) >= 11 is 0. The molecule has 22 heavy (non-hydrogen) atoms. The second kappa shape index (κ2) is 6.79.